The first-order valence-electron chi connectivity index (χ1n) is 13.1. The lowest BCUT2D eigenvalue weighted by molar-refractivity contribution is -0.122. The van der Waals surface area contributed by atoms with Crippen LogP contribution < -0.4 is 5.32 Å². The van der Waals surface area contributed by atoms with Crippen LogP contribution in [-0.2, 0) is 23.2 Å². The molecule has 2 aliphatic rings. The molecule has 2 heterocycles. The summed E-state index contributed by atoms with van der Waals surface area (Å²) in [6.45, 7) is 2.59. The van der Waals surface area contributed by atoms with Gasteiger partial charge in [-0.15, -0.1) is 0 Å². The van der Waals surface area contributed by atoms with Crippen LogP contribution in [0.5, 0.6) is 0 Å². The summed E-state index contributed by atoms with van der Waals surface area (Å²) in [7, 11) is 0. The van der Waals surface area contributed by atoms with E-state index in [1.165, 1.54) is 11.1 Å². The van der Waals surface area contributed by atoms with Gasteiger partial charge in [0, 0.05) is 17.5 Å². The molecule has 2 atom stereocenters. The predicted molar refractivity (Wildman–Crippen MR) is 144 cm³/mol. The van der Waals surface area contributed by atoms with E-state index < -0.39 is 12.1 Å². The van der Waals surface area contributed by atoms with E-state index >= 15 is 0 Å². The van der Waals surface area contributed by atoms with Crippen LogP contribution in [0.4, 0.5) is 0 Å². The molecule has 4 aromatic rings. The van der Waals surface area contributed by atoms with Crippen molar-refractivity contribution < 1.29 is 14.3 Å². The number of hydrogen-bond donors (Lipinski definition) is 2. The molecular weight excluding hydrogens is 460 g/mol. The second kappa shape index (κ2) is 10.0. The van der Waals surface area contributed by atoms with Crippen LogP contribution in [0.25, 0.3) is 11.3 Å². The van der Waals surface area contributed by atoms with Gasteiger partial charge in [0.2, 0.25) is 5.91 Å². The van der Waals surface area contributed by atoms with Crippen molar-refractivity contribution in [3.05, 3.63) is 120 Å². The first kappa shape index (κ1) is 23.7. The Kier molecular flexibility index (Phi) is 6.41. The average molecular weight is 493 g/mol. The number of benzene rings is 3. The highest BCUT2D eigenvalue weighted by Crippen LogP contribution is 2.51. The molecular formula is C32H32N2O3. The molecule has 5 nitrogen and oxygen atoms in total. The smallest absolute Gasteiger partial charge is 0.224 e. The summed E-state index contributed by atoms with van der Waals surface area (Å²) in [6, 6.07) is 29.9. The summed E-state index contributed by atoms with van der Waals surface area (Å²) in [4.78, 5) is 15.4. The van der Waals surface area contributed by atoms with Gasteiger partial charge in [-0.25, -0.2) is 0 Å². The van der Waals surface area contributed by atoms with Crippen LogP contribution in [0.15, 0.2) is 102 Å². The molecule has 5 heteroatoms. The number of hydrogen-bond acceptors (Lipinski definition) is 4. The van der Waals surface area contributed by atoms with E-state index in [-0.39, 0.29) is 11.3 Å². The van der Waals surface area contributed by atoms with Crippen LogP contribution in [0.2, 0.25) is 0 Å². The lowest BCUT2D eigenvalue weighted by atomic mass is 9.72. The Hall–Kier alpha value is -3.67. The Labute approximate surface area is 217 Å². The summed E-state index contributed by atoms with van der Waals surface area (Å²) in [5.41, 5.74) is 5.22. The second-order valence-electron chi connectivity index (χ2n) is 10.3. The highest BCUT2D eigenvalue weighted by molar-refractivity contribution is 5.79. The zero-order valence-corrected chi connectivity index (χ0v) is 20.8. The maximum Gasteiger partial charge on any atom is 0.224 e. The Morgan fingerprint density at radius 1 is 0.919 bits per heavy atom. The number of fused-ring (bicyclic) bond motifs is 2. The molecule has 3 aromatic carbocycles. The maximum absolute atomic E-state index is 12.9. The molecule has 1 saturated heterocycles. The molecule has 37 heavy (non-hydrogen) atoms. The van der Waals surface area contributed by atoms with Gasteiger partial charge in [-0.2, -0.15) is 0 Å². The minimum atomic E-state index is -0.651. The van der Waals surface area contributed by atoms with Crippen molar-refractivity contribution in [2.75, 3.05) is 13.1 Å². The lowest BCUT2D eigenvalue weighted by Crippen LogP contribution is -2.49. The van der Waals surface area contributed by atoms with Crippen molar-refractivity contribution in [3.8, 4) is 11.3 Å². The van der Waals surface area contributed by atoms with Crippen molar-refractivity contribution in [2.45, 2.75) is 43.4 Å². The third-order valence-corrected chi connectivity index (χ3v) is 8.18. The Balaban J connectivity index is 1.18. The van der Waals surface area contributed by atoms with Crippen molar-refractivity contribution in [3.63, 3.8) is 0 Å². The number of rotatable bonds is 6. The van der Waals surface area contributed by atoms with E-state index in [0.717, 1.165) is 54.9 Å². The van der Waals surface area contributed by atoms with Gasteiger partial charge in [0.1, 0.15) is 5.76 Å². The lowest BCUT2D eigenvalue weighted by Gasteiger charge is -2.43. The topological polar surface area (TPSA) is 65.7 Å². The zero-order chi connectivity index (χ0) is 25.2. The van der Waals surface area contributed by atoms with Crippen LogP contribution in [0.3, 0.4) is 0 Å². The monoisotopic (exact) mass is 492 g/mol. The SMILES string of the molecule is O=C(Cc1ccccc1)N[C@@H]1c2ccccc2C2(CCN(Cc3ccccc3-c3ccco3)CC2)[C@H]1O. The van der Waals surface area contributed by atoms with Gasteiger partial charge in [-0.3, -0.25) is 9.69 Å². The Morgan fingerprint density at radius 3 is 2.43 bits per heavy atom. The van der Waals surface area contributed by atoms with Gasteiger partial charge in [-0.1, -0.05) is 78.9 Å². The zero-order valence-electron chi connectivity index (χ0n) is 20.8. The van der Waals surface area contributed by atoms with Crippen molar-refractivity contribution in [1.82, 2.24) is 10.2 Å². The minimum Gasteiger partial charge on any atom is -0.464 e. The standard InChI is InChI=1S/C32H32N2O3/c35-29(21-23-9-2-1-3-10-23)33-30-26-13-6-7-14-27(26)32(31(30)36)16-18-34(19-17-32)22-24-11-4-5-12-25(24)28-15-8-20-37-28/h1-15,20,30-31,36H,16-19,21-22H2,(H,33,35)/t30-,31+/m1/s1. The Morgan fingerprint density at radius 2 is 1.65 bits per heavy atom. The van der Waals surface area contributed by atoms with Crippen molar-refractivity contribution in [1.29, 1.82) is 0 Å². The van der Waals surface area contributed by atoms with Crippen molar-refractivity contribution in [2.24, 2.45) is 0 Å². The summed E-state index contributed by atoms with van der Waals surface area (Å²) in [6.07, 6.45) is 3.06. The molecule has 1 aliphatic heterocycles. The number of carbonyl (C=O) groups excluding carboxylic acids is 1. The molecule has 1 fully saturated rings. The molecule has 0 saturated carbocycles. The fraction of sp³-hybridized carbons (Fsp3) is 0.281. The molecule has 1 aromatic heterocycles. The van der Waals surface area contributed by atoms with E-state index in [4.69, 9.17) is 4.42 Å². The van der Waals surface area contributed by atoms with Crippen LogP contribution >= 0.6 is 0 Å². The highest BCUT2D eigenvalue weighted by Gasteiger charge is 2.52. The van der Waals surface area contributed by atoms with E-state index in [1.54, 1.807) is 6.26 Å². The third kappa shape index (κ3) is 4.50. The minimum absolute atomic E-state index is 0.0610. The number of aliphatic hydroxyl groups excluding tert-OH is 1. The fourth-order valence-corrected chi connectivity index (χ4v) is 6.28. The van der Waals surface area contributed by atoms with Crippen molar-refractivity contribution >= 4 is 5.91 Å². The summed E-state index contributed by atoms with van der Waals surface area (Å²) >= 11 is 0. The fourth-order valence-electron chi connectivity index (χ4n) is 6.28. The van der Waals surface area contributed by atoms with Gasteiger partial charge < -0.3 is 14.8 Å². The molecule has 0 radical (unpaired) electrons. The third-order valence-electron chi connectivity index (χ3n) is 8.18. The van der Waals surface area contributed by atoms with Gasteiger partial charge in [-0.05, 0) is 60.3 Å². The molecule has 6 rings (SSSR count). The van der Waals surface area contributed by atoms with Crippen LogP contribution in [-0.4, -0.2) is 35.1 Å². The first-order valence-corrected chi connectivity index (χ1v) is 13.1. The number of amides is 1. The van der Waals surface area contributed by atoms with Gasteiger partial charge in [0.25, 0.3) is 0 Å². The normalized spacial score (nSPS) is 20.6. The van der Waals surface area contributed by atoms with E-state index in [9.17, 15) is 9.90 Å². The number of likely N-dealkylation sites (tertiary alicyclic amines) is 1. The number of carbonyl (C=O) groups is 1. The second-order valence-corrected chi connectivity index (χ2v) is 10.3. The first-order chi connectivity index (χ1) is 18.1. The number of nitrogens with zero attached hydrogens (tertiary/aromatic N) is 1. The molecule has 0 bridgehead atoms. The number of piperidine rings is 1. The van der Waals surface area contributed by atoms with Gasteiger partial charge in [0.05, 0.1) is 24.8 Å². The number of furan rings is 1. The molecule has 1 spiro atoms. The van der Waals surface area contributed by atoms with E-state index in [1.807, 2.05) is 60.7 Å². The predicted octanol–water partition coefficient (Wildman–Crippen LogP) is 5.25. The maximum atomic E-state index is 12.9. The Bertz CT molecular complexity index is 1360. The van der Waals surface area contributed by atoms with Gasteiger partial charge >= 0.3 is 0 Å². The molecule has 1 aliphatic carbocycles. The average Bonchev–Trinajstić information content (AvgIpc) is 3.54. The molecule has 1 amide bonds. The summed E-state index contributed by atoms with van der Waals surface area (Å²) in [5, 5.41) is 14.9. The molecule has 2 N–H and O–H groups in total. The summed E-state index contributed by atoms with van der Waals surface area (Å²) in [5.74, 6) is 0.826. The number of aliphatic hydroxyl groups is 1. The quantitative estimate of drug-likeness (QED) is 0.386. The largest absolute Gasteiger partial charge is 0.464 e. The molecule has 0 unspecified atom stereocenters. The summed E-state index contributed by atoms with van der Waals surface area (Å²) < 4.78 is 5.67. The molecule has 188 valence electrons. The highest BCUT2D eigenvalue weighted by atomic mass is 16.3. The van der Waals surface area contributed by atoms with Gasteiger partial charge in [0.15, 0.2) is 0 Å². The van der Waals surface area contributed by atoms with E-state index in [2.05, 4.69) is 40.5 Å². The number of nitrogens with one attached hydrogen (secondary N) is 1. The van der Waals surface area contributed by atoms with Crippen LogP contribution in [0, 0.1) is 0 Å². The van der Waals surface area contributed by atoms with E-state index in [0.29, 0.717) is 6.42 Å². The van der Waals surface area contributed by atoms with Crippen LogP contribution in [0.1, 0.15) is 41.1 Å².